The standard InChI is InChI=1S/C8H13NO3S.Al.H/c1-3-5-6-7(10)9-13(11,12)8(5,6)4-2;;/h5-6H,3-4H2,1-2H3,(H,9,10);;/q;+1;/p-1/t5?,6?,8-;;/m1../s1. The average molecular weight is 230 g/mol. The van der Waals surface area contributed by atoms with E-state index < -0.39 is 14.8 Å². The first kappa shape index (κ1) is 10.5. The van der Waals surface area contributed by atoms with Gasteiger partial charge in [0.05, 0.1) is 5.92 Å². The Hall–Kier alpha value is -0.0475. The fourth-order valence-electron chi connectivity index (χ4n) is 2.95. The fraction of sp³-hybridized carbons (Fsp3) is 0.875. The predicted molar refractivity (Wildman–Crippen MR) is 53.2 cm³/mol. The lowest BCUT2D eigenvalue weighted by molar-refractivity contribution is -0.124. The van der Waals surface area contributed by atoms with Gasteiger partial charge in [0.2, 0.25) is 15.9 Å². The van der Waals surface area contributed by atoms with Gasteiger partial charge in [0, 0.05) is 0 Å². The van der Waals surface area contributed by atoms with Gasteiger partial charge in [0.1, 0.15) is 4.75 Å². The first-order valence-electron chi connectivity index (χ1n) is 4.84. The summed E-state index contributed by atoms with van der Waals surface area (Å²) in [6.07, 6.45) is 1.33. The third-order valence-electron chi connectivity index (χ3n) is 3.72. The van der Waals surface area contributed by atoms with E-state index in [4.69, 9.17) is 0 Å². The summed E-state index contributed by atoms with van der Waals surface area (Å²) in [5, 5.41) is 0. The first-order valence-corrected chi connectivity index (χ1v) is 6.91. The van der Waals surface area contributed by atoms with Crippen molar-refractivity contribution in [3.8, 4) is 0 Å². The minimum absolute atomic E-state index is 0.0611. The number of carbonyl (C=O) groups is 1. The molecule has 0 spiro atoms. The van der Waals surface area contributed by atoms with Crippen LogP contribution in [0, 0.1) is 11.8 Å². The summed E-state index contributed by atoms with van der Waals surface area (Å²) in [7, 11) is -3.36. The molecule has 2 unspecified atom stereocenters. The Balaban J connectivity index is 2.52. The Labute approximate surface area is 92.3 Å². The van der Waals surface area contributed by atoms with Gasteiger partial charge in [-0.2, -0.15) is 0 Å². The zero-order valence-corrected chi connectivity index (χ0v) is 10.6. The molecular weight excluding hydrogens is 217 g/mol. The van der Waals surface area contributed by atoms with Crippen LogP contribution in [0.15, 0.2) is 0 Å². The van der Waals surface area contributed by atoms with E-state index >= 15 is 0 Å². The summed E-state index contributed by atoms with van der Waals surface area (Å²) in [6, 6.07) is 0. The second kappa shape index (κ2) is 2.75. The summed E-state index contributed by atoms with van der Waals surface area (Å²) in [5.74, 6) is -0.386. The monoisotopic (exact) mass is 230 g/mol. The van der Waals surface area contributed by atoms with Crippen LogP contribution in [0.4, 0.5) is 0 Å². The molecule has 0 bridgehead atoms. The molecule has 0 aromatic carbocycles. The maximum Gasteiger partial charge on any atom is 0.371 e. The van der Waals surface area contributed by atoms with Gasteiger partial charge in [-0.25, -0.2) is 8.42 Å². The molecule has 3 atom stereocenters. The van der Waals surface area contributed by atoms with Gasteiger partial charge in [-0.3, -0.25) is 4.79 Å². The second-order valence-corrected chi connectivity index (χ2v) is 7.23. The van der Waals surface area contributed by atoms with Crippen LogP contribution in [-0.2, 0) is 14.8 Å². The largest absolute Gasteiger partial charge is 0.371 e. The number of sulfonamides is 1. The molecule has 1 heterocycles. The Morgan fingerprint density at radius 2 is 2.07 bits per heavy atom. The molecule has 1 saturated heterocycles. The summed E-state index contributed by atoms with van der Waals surface area (Å²) in [6.45, 7) is 3.81. The molecule has 0 N–H and O–H groups in total. The van der Waals surface area contributed by atoms with E-state index in [0.717, 1.165) is 26.2 Å². The zero-order valence-electron chi connectivity index (χ0n) is 8.36. The van der Waals surface area contributed by atoms with Crippen LogP contribution in [0.2, 0.25) is 0 Å². The molecule has 1 saturated carbocycles. The molecule has 0 aromatic heterocycles. The predicted octanol–water partition coefficient (Wildman–Crippen LogP) is -0.221. The van der Waals surface area contributed by atoms with Crippen molar-refractivity contribution in [2.24, 2.45) is 11.8 Å². The zero-order chi connectivity index (χ0) is 10.7. The Morgan fingerprint density at radius 3 is 2.43 bits per heavy atom. The molecule has 1 aliphatic carbocycles. The van der Waals surface area contributed by atoms with Gasteiger partial charge in [0.25, 0.3) is 0 Å². The highest BCUT2D eigenvalue weighted by molar-refractivity contribution is 7.92. The molecule has 0 aromatic rings. The first-order chi connectivity index (χ1) is 6.45. The molecule has 14 heavy (non-hydrogen) atoms. The van der Waals surface area contributed by atoms with Crippen molar-refractivity contribution < 1.29 is 13.2 Å². The molecule has 6 heteroatoms. The third-order valence-corrected chi connectivity index (χ3v) is 7.62. The van der Waals surface area contributed by atoms with Crippen LogP contribution in [0.25, 0.3) is 0 Å². The van der Waals surface area contributed by atoms with Gasteiger partial charge in [-0.05, 0) is 12.3 Å². The van der Waals surface area contributed by atoms with Gasteiger partial charge in [0.15, 0.2) is 0 Å². The van der Waals surface area contributed by atoms with E-state index in [0.29, 0.717) is 6.42 Å². The molecule has 1 radical (unpaired) electrons. The fourth-order valence-corrected chi connectivity index (χ4v) is 6.20. The number of carbonyl (C=O) groups excluding carboxylic acids is 1. The molecule has 4 nitrogen and oxygen atoms in total. The van der Waals surface area contributed by atoms with Crippen LogP contribution in [0.3, 0.4) is 0 Å². The molecule has 1 aliphatic heterocycles. The third kappa shape index (κ3) is 0.815. The number of hydrogen-bond acceptors (Lipinski definition) is 3. The second-order valence-electron chi connectivity index (χ2n) is 3.99. The van der Waals surface area contributed by atoms with Crippen molar-refractivity contribution in [3.63, 3.8) is 0 Å². The average Bonchev–Trinajstić information content (AvgIpc) is 2.80. The number of nitrogens with zero attached hydrogens (tertiary/aromatic N) is 1. The molecule has 2 fully saturated rings. The molecular formula is C8H13AlNO3S. The SMILES string of the molecule is CCC1C2C(=O)[N]([AlH])S(=O)(=O)[C@]12CC. The number of hydrogen-bond donors (Lipinski definition) is 0. The summed E-state index contributed by atoms with van der Waals surface area (Å²) in [5.41, 5.74) is 0. The van der Waals surface area contributed by atoms with Crippen LogP contribution in [0.1, 0.15) is 26.7 Å². The normalized spacial score (nSPS) is 43.9. The Morgan fingerprint density at radius 1 is 1.50 bits per heavy atom. The van der Waals surface area contributed by atoms with E-state index in [-0.39, 0.29) is 17.7 Å². The maximum absolute atomic E-state index is 12.0. The van der Waals surface area contributed by atoms with Crippen molar-refractivity contribution in [1.29, 1.82) is 0 Å². The number of rotatable bonds is 2. The van der Waals surface area contributed by atoms with Crippen LogP contribution in [-0.4, -0.2) is 38.9 Å². The molecule has 2 rings (SSSR count). The van der Waals surface area contributed by atoms with E-state index in [1.54, 1.807) is 0 Å². The van der Waals surface area contributed by atoms with Crippen LogP contribution >= 0.6 is 0 Å². The van der Waals surface area contributed by atoms with E-state index in [1.807, 2.05) is 13.8 Å². The Kier molecular flexibility index (Phi) is 2.05. The van der Waals surface area contributed by atoms with Crippen LogP contribution < -0.4 is 0 Å². The Bertz CT molecular complexity index is 393. The lowest BCUT2D eigenvalue weighted by atomic mass is 10.2. The summed E-state index contributed by atoms with van der Waals surface area (Å²) >= 11 is 1.15. The van der Waals surface area contributed by atoms with Gasteiger partial charge < -0.3 is 3.29 Å². The minimum atomic E-state index is -3.36. The lowest BCUT2D eigenvalue weighted by Crippen LogP contribution is -2.37. The lowest BCUT2D eigenvalue weighted by Gasteiger charge is -2.20. The molecule has 77 valence electrons. The summed E-state index contributed by atoms with van der Waals surface area (Å²) in [4.78, 5) is 11.6. The van der Waals surface area contributed by atoms with Gasteiger partial charge >= 0.3 is 16.5 Å². The van der Waals surface area contributed by atoms with E-state index in [2.05, 4.69) is 0 Å². The highest BCUT2D eigenvalue weighted by Gasteiger charge is 2.79. The van der Waals surface area contributed by atoms with E-state index in [9.17, 15) is 13.2 Å². The quantitative estimate of drug-likeness (QED) is 0.616. The van der Waals surface area contributed by atoms with Crippen molar-refractivity contribution in [2.75, 3.05) is 0 Å². The number of fused-ring (bicyclic) bond motifs is 1. The van der Waals surface area contributed by atoms with Gasteiger partial charge in [-0.1, -0.05) is 20.3 Å². The van der Waals surface area contributed by atoms with E-state index in [1.165, 1.54) is 0 Å². The van der Waals surface area contributed by atoms with Crippen molar-refractivity contribution in [3.05, 3.63) is 0 Å². The molecule has 2 aliphatic rings. The van der Waals surface area contributed by atoms with Crippen molar-refractivity contribution in [1.82, 2.24) is 3.29 Å². The minimum Gasteiger partial charge on any atom is -0.349 e. The molecule has 1 amide bonds. The topological polar surface area (TPSA) is 54.5 Å². The highest BCUT2D eigenvalue weighted by atomic mass is 32.2. The maximum atomic E-state index is 12.0. The number of amides is 1. The van der Waals surface area contributed by atoms with Crippen molar-refractivity contribution in [2.45, 2.75) is 31.4 Å². The van der Waals surface area contributed by atoms with Crippen molar-refractivity contribution >= 4 is 32.4 Å². The van der Waals surface area contributed by atoms with Gasteiger partial charge in [-0.15, -0.1) is 0 Å². The van der Waals surface area contributed by atoms with Crippen LogP contribution in [0.5, 0.6) is 0 Å². The summed E-state index contributed by atoms with van der Waals surface area (Å²) < 4.78 is 24.2. The highest BCUT2D eigenvalue weighted by Crippen LogP contribution is 2.65. The smallest absolute Gasteiger partial charge is 0.349 e.